The van der Waals surface area contributed by atoms with Crippen molar-refractivity contribution < 1.29 is 0 Å². The Hall–Kier alpha value is -6.64. The van der Waals surface area contributed by atoms with Crippen LogP contribution in [0.25, 0.3) is 88.4 Å². The van der Waals surface area contributed by atoms with Gasteiger partial charge in [-0.25, -0.2) is 0 Å². The molecule has 0 amide bonds. The average Bonchev–Trinajstić information content (AvgIpc) is 3.81. The lowest BCUT2D eigenvalue weighted by atomic mass is 9.82. The molecule has 0 aliphatic heterocycles. The van der Waals surface area contributed by atoms with Crippen LogP contribution in [0, 0.1) is 0 Å². The van der Waals surface area contributed by atoms with Crippen LogP contribution in [-0.2, 0) is 5.41 Å². The zero-order valence-corrected chi connectivity index (χ0v) is 29.7. The summed E-state index contributed by atoms with van der Waals surface area (Å²) in [4.78, 5) is 0. The van der Waals surface area contributed by atoms with Gasteiger partial charge in [0.1, 0.15) is 0 Å². The molecule has 10 aromatic rings. The maximum absolute atomic E-state index is 2.47. The number of nitrogens with zero attached hydrogens (tertiary/aromatic N) is 2. The molecule has 8 aromatic carbocycles. The summed E-state index contributed by atoms with van der Waals surface area (Å²) in [6, 6.07) is 67.1. The molecular formula is C51H36N2. The Morgan fingerprint density at radius 3 is 1.45 bits per heavy atom. The summed E-state index contributed by atoms with van der Waals surface area (Å²) in [6.07, 6.45) is 0. The maximum atomic E-state index is 2.47. The van der Waals surface area contributed by atoms with Gasteiger partial charge in [-0.3, -0.25) is 0 Å². The van der Waals surface area contributed by atoms with Crippen molar-refractivity contribution in [2.45, 2.75) is 19.3 Å². The molecule has 0 bridgehead atoms. The minimum Gasteiger partial charge on any atom is -0.309 e. The van der Waals surface area contributed by atoms with Gasteiger partial charge in [0, 0.05) is 38.3 Å². The van der Waals surface area contributed by atoms with E-state index in [0.29, 0.717) is 0 Å². The fraction of sp³-hybridized carbons (Fsp3) is 0.0588. The highest BCUT2D eigenvalue weighted by Crippen LogP contribution is 2.49. The van der Waals surface area contributed by atoms with Crippen molar-refractivity contribution >= 4 is 43.6 Å². The quantitative estimate of drug-likeness (QED) is 0.176. The summed E-state index contributed by atoms with van der Waals surface area (Å²) in [6.45, 7) is 4.72. The van der Waals surface area contributed by atoms with Gasteiger partial charge in [-0.2, -0.15) is 0 Å². The van der Waals surface area contributed by atoms with E-state index in [1.807, 2.05) is 0 Å². The van der Waals surface area contributed by atoms with Gasteiger partial charge in [-0.05, 0) is 105 Å². The first-order valence-electron chi connectivity index (χ1n) is 18.5. The van der Waals surface area contributed by atoms with E-state index < -0.39 is 0 Å². The Morgan fingerprint density at radius 1 is 0.321 bits per heavy atom. The highest BCUT2D eigenvalue weighted by atomic mass is 15.0. The first-order chi connectivity index (χ1) is 26.0. The third-order valence-electron chi connectivity index (χ3n) is 11.7. The van der Waals surface area contributed by atoms with E-state index in [2.05, 4.69) is 205 Å². The fourth-order valence-electron chi connectivity index (χ4n) is 9.13. The number of aromatic nitrogens is 2. The van der Waals surface area contributed by atoms with E-state index in [0.717, 1.165) is 5.69 Å². The molecule has 2 aromatic heterocycles. The van der Waals surface area contributed by atoms with Gasteiger partial charge < -0.3 is 9.13 Å². The molecule has 250 valence electrons. The van der Waals surface area contributed by atoms with E-state index in [1.165, 1.54) is 93.8 Å². The third kappa shape index (κ3) is 4.39. The largest absolute Gasteiger partial charge is 0.309 e. The molecule has 0 saturated carbocycles. The molecule has 2 heteroatoms. The number of para-hydroxylation sites is 2. The van der Waals surface area contributed by atoms with Gasteiger partial charge in [0.05, 0.1) is 22.1 Å². The molecule has 2 heterocycles. The van der Waals surface area contributed by atoms with Crippen LogP contribution in [0.5, 0.6) is 0 Å². The van der Waals surface area contributed by atoms with Gasteiger partial charge in [0.2, 0.25) is 0 Å². The van der Waals surface area contributed by atoms with Crippen LogP contribution in [-0.4, -0.2) is 9.13 Å². The van der Waals surface area contributed by atoms with E-state index in [-0.39, 0.29) is 5.41 Å². The monoisotopic (exact) mass is 676 g/mol. The summed E-state index contributed by atoms with van der Waals surface area (Å²) in [5.74, 6) is 0. The van der Waals surface area contributed by atoms with Gasteiger partial charge >= 0.3 is 0 Å². The molecule has 1 aliphatic carbocycles. The van der Waals surface area contributed by atoms with E-state index >= 15 is 0 Å². The van der Waals surface area contributed by atoms with Crippen molar-refractivity contribution in [1.82, 2.24) is 9.13 Å². The standard InChI is InChI=1S/C51H36N2/c1-51(2)45-17-9-6-14-39(45)40-27-26-38(32-46(40)51)53-49-28-22-35(33-12-4-3-5-13-33)30-43(49)44-31-36(23-29-50(44)53)34-20-24-37(25-21-34)52-47-18-10-7-15-41(47)42-16-8-11-19-48(42)52/h3-32H,1-2H3. The Labute approximate surface area is 308 Å². The predicted octanol–water partition coefficient (Wildman–Crippen LogP) is 13.5. The molecule has 0 N–H and O–H groups in total. The van der Waals surface area contributed by atoms with Crippen LogP contribution >= 0.6 is 0 Å². The van der Waals surface area contributed by atoms with Gasteiger partial charge in [0.15, 0.2) is 0 Å². The molecule has 0 fully saturated rings. The first kappa shape index (κ1) is 30.0. The van der Waals surface area contributed by atoms with Crippen LogP contribution < -0.4 is 0 Å². The first-order valence-corrected chi connectivity index (χ1v) is 18.5. The Balaban J connectivity index is 1.08. The fourth-order valence-corrected chi connectivity index (χ4v) is 9.13. The van der Waals surface area contributed by atoms with Crippen LogP contribution in [0.3, 0.4) is 0 Å². The molecule has 0 spiro atoms. The lowest BCUT2D eigenvalue weighted by Gasteiger charge is -2.22. The van der Waals surface area contributed by atoms with Crippen LogP contribution in [0.2, 0.25) is 0 Å². The number of rotatable bonds is 4. The lowest BCUT2D eigenvalue weighted by molar-refractivity contribution is 0.660. The second-order valence-electron chi connectivity index (χ2n) is 15.0. The molecule has 0 saturated heterocycles. The molecular weight excluding hydrogens is 641 g/mol. The van der Waals surface area contributed by atoms with Crippen molar-refractivity contribution in [2.75, 3.05) is 0 Å². The van der Waals surface area contributed by atoms with Crippen molar-refractivity contribution in [3.63, 3.8) is 0 Å². The zero-order chi connectivity index (χ0) is 35.3. The molecule has 11 rings (SSSR count). The number of benzene rings is 8. The van der Waals surface area contributed by atoms with E-state index in [1.54, 1.807) is 0 Å². The Kier molecular flexibility index (Phi) is 6.33. The molecule has 2 nitrogen and oxygen atoms in total. The normalized spacial score (nSPS) is 13.2. The molecule has 0 radical (unpaired) electrons. The minimum absolute atomic E-state index is 0.0697. The SMILES string of the molecule is CC1(C)c2ccccc2-c2ccc(-n3c4ccc(-c5ccccc5)cc4c4cc(-c5ccc(-n6c7ccccc7c7ccccc76)cc5)ccc43)cc21. The highest BCUT2D eigenvalue weighted by Gasteiger charge is 2.35. The number of fused-ring (bicyclic) bond motifs is 9. The lowest BCUT2D eigenvalue weighted by Crippen LogP contribution is -2.15. The number of hydrogen-bond donors (Lipinski definition) is 0. The zero-order valence-electron chi connectivity index (χ0n) is 29.7. The second-order valence-corrected chi connectivity index (χ2v) is 15.0. The maximum Gasteiger partial charge on any atom is 0.0541 e. The third-order valence-corrected chi connectivity index (χ3v) is 11.7. The van der Waals surface area contributed by atoms with Crippen molar-refractivity contribution in [1.29, 1.82) is 0 Å². The predicted molar refractivity (Wildman–Crippen MR) is 224 cm³/mol. The van der Waals surface area contributed by atoms with Crippen molar-refractivity contribution in [3.8, 4) is 44.8 Å². The van der Waals surface area contributed by atoms with Crippen LogP contribution in [0.1, 0.15) is 25.0 Å². The number of hydrogen-bond acceptors (Lipinski definition) is 0. The van der Waals surface area contributed by atoms with Crippen LogP contribution in [0.4, 0.5) is 0 Å². The Morgan fingerprint density at radius 2 is 0.792 bits per heavy atom. The minimum atomic E-state index is -0.0697. The van der Waals surface area contributed by atoms with Gasteiger partial charge in [-0.1, -0.05) is 135 Å². The highest BCUT2D eigenvalue weighted by molar-refractivity contribution is 6.12. The summed E-state index contributed by atoms with van der Waals surface area (Å²) in [7, 11) is 0. The van der Waals surface area contributed by atoms with Crippen LogP contribution in [0.15, 0.2) is 182 Å². The van der Waals surface area contributed by atoms with E-state index in [4.69, 9.17) is 0 Å². The summed E-state index contributed by atoms with van der Waals surface area (Å²) >= 11 is 0. The van der Waals surface area contributed by atoms with E-state index in [9.17, 15) is 0 Å². The average molecular weight is 677 g/mol. The summed E-state index contributed by atoms with van der Waals surface area (Å²) in [5.41, 5.74) is 17.5. The second kappa shape index (κ2) is 11.2. The topological polar surface area (TPSA) is 9.86 Å². The summed E-state index contributed by atoms with van der Waals surface area (Å²) < 4.78 is 4.85. The molecule has 0 atom stereocenters. The Bertz CT molecular complexity index is 3010. The summed E-state index contributed by atoms with van der Waals surface area (Å²) in [5, 5.41) is 5.07. The van der Waals surface area contributed by atoms with Gasteiger partial charge in [0.25, 0.3) is 0 Å². The molecule has 53 heavy (non-hydrogen) atoms. The smallest absolute Gasteiger partial charge is 0.0541 e. The molecule has 1 aliphatic rings. The van der Waals surface area contributed by atoms with Crippen molar-refractivity contribution in [3.05, 3.63) is 193 Å². The van der Waals surface area contributed by atoms with Gasteiger partial charge in [-0.15, -0.1) is 0 Å². The molecule has 0 unspecified atom stereocenters. The van der Waals surface area contributed by atoms with Crippen molar-refractivity contribution in [2.24, 2.45) is 0 Å².